The Kier molecular flexibility index (Phi) is 4.90. The van der Waals surface area contributed by atoms with E-state index in [1.165, 1.54) is 0 Å². The number of likely N-dealkylation sites (tertiary alicyclic amines) is 1. The molecule has 2 fully saturated rings. The highest BCUT2D eigenvalue weighted by atomic mass is 16.3. The first-order chi connectivity index (χ1) is 11.5. The van der Waals surface area contributed by atoms with Gasteiger partial charge in [0.1, 0.15) is 5.60 Å². The molecule has 2 aliphatic rings. The minimum atomic E-state index is -1.23. The lowest BCUT2D eigenvalue weighted by Crippen LogP contribution is -2.49. The van der Waals surface area contributed by atoms with Crippen molar-refractivity contribution < 1.29 is 14.7 Å². The van der Waals surface area contributed by atoms with Crippen LogP contribution in [0.25, 0.3) is 0 Å². The van der Waals surface area contributed by atoms with Crippen LogP contribution < -0.4 is 5.32 Å². The Morgan fingerprint density at radius 1 is 1.25 bits per heavy atom. The highest BCUT2D eigenvalue weighted by Crippen LogP contribution is 2.36. The monoisotopic (exact) mass is 330 g/mol. The van der Waals surface area contributed by atoms with Crippen molar-refractivity contribution in [3.05, 3.63) is 35.9 Å². The normalized spacial score (nSPS) is 26.4. The molecular formula is C19H26N2O3. The zero-order valence-corrected chi connectivity index (χ0v) is 14.2. The average Bonchev–Trinajstić information content (AvgIpc) is 2.88. The summed E-state index contributed by atoms with van der Waals surface area (Å²) in [5.74, 6) is -0.156. The second-order valence-electron chi connectivity index (χ2n) is 7.13. The van der Waals surface area contributed by atoms with E-state index in [2.05, 4.69) is 5.32 Å². The minimum absolute atomic E-state index is 0.0278. The summed E-state index contributed by atoms with van der Waals surface area (Å²) in [6, 6.07) is 9.89. The van der Waals surface area contributed by atoms with Crippen LogP contribution in [0, 0.1) is 5.92 Å². The van der Waals surface area contributed by atoms with E-state index in [0.717, 1.165) is 24.8 Å². The second kappa shape index (κ2) is 6.93. The van der Waals surface area contributed by atoms with Gasteiger partial charge >= 0.3 is 0 Å². The van der Waals surface area contributed by atoms with Crippen molar-refractivity contribution in [3.8, 4) is 0 Å². The topological polar surface area (TPSA) is 69.6 Å². The maximum absolute atomic E-state index is 12.4. The molecule has 3 rings (SSSR count). The molecule has 1 aliphatic carbocycles. The van der Waals surface area contributed by atoms with Gasteiger partial charge in [-0.05, 0) is 18.4 Å². The van der Waals surface area contributed by atoms with Crippen LogP contribution in [0.2, 0.25) is 0 Å². The quantitative estimate of drug-likeness (QED) is 0.887. The molecule has 2 N–H and O–H groups in total. The number of amides is 2. The van der Waals surface area contributed by atoms with E-state index in [9.17, 15) is 14.7 Å². The van der Waals surface area contributed by atoms with E-state index < -0.39 is 5.60 Å². The first-order valence-corrected chi connectivity index (χ1v) is 8.82. The first-order valence-electron chi connectivity index (χ1n) is 8.82. The number of hydrogen-bond donors (Lipinski definition) is 2. The molecule has 1 aliphatic heterocycles. The maximum atomic E-state index is 12.4. The summed E-state index contributed by atoms with van der Waals surface area (Å²) in [6.07, 6.45) is 4.35. The van der Waals surface area contributed by atoms with Crippen molar-refractivity contribution in [2.45, 2.75) is 50.2 Å². The number of carbonyl (C=O) groups is 2. The number of aliphatic hydroxyl groups is 1. The lowest BCUT2D eigenvalue weighted by atomic mass is 9.84. The summed E-state index contributed by atoms with van der Waals surface area (Å²) in [6.45, 7) is 0.413. The largest absolute Gasteiger partial charge is 0.380 e. The van der Waals surface area contributed by atoms with Crippen LogP contribution in [0.1, 0.15) is 50.1 Å². The van der Waals surface area contributed by atoms with Crippen molar-refractivity contribution in [2.75, 3.05) is 13.6 Å². The molecular weight excluding hydrogens is 304 g/mol. The molecule has 1 saturated carbocycles. The van der Waals surface area contributed by atoms with Crippen molar-refractivity contribution in [1.82, 2.24) is 10.2 Å². The van der Waals surface area contributed by atoms with Gasteiger partial charge in [0.2, 0.25) is 5.91 Å². The van der Waals surface area contributed by atoms with Crippen LogP contribution in [-0.2, 0) is 9.59 Å². The fraction of sp³-hybridized carbons (Fsp3) is 0.579. The SMILES string of the molecule is CN1C(=O)CC(CNC(=O)C2(O)CCCCC2)C1c1ccccc1. The number of carbonyl (C=O) groups excluding carboxylic acids is 2. The Balaban J connectivity index is 1.67. The summed E-state index contributed by atoms with van der Waals surface area (Å²) in [5, 5.41) is 13.4. The number of nitrogens with zero attached hydrogens (tertiary/aromatic N) is 1. The van der Waals surface area contributed by atoms with Gasteiger partial charge in [-0.1, -0.05) is 49.6 Å². The standard InChI is InChI=1S/C19H26N2O3/c1-21-16(22)12-15(17(21)14-8-4-2-5-9-14)13-20-18(23)19(24)10-6-3-7-11-19/h2,4-5,8-9,15,17,24H,3,6-7,10-13H2,1H3,(H,20,23). The van der Waals surface area contributed by atoms with Crippen molar-refractivity contribution >= 4 is 11.8 Å². The molecule has 0 radical (unpaired) electrons. The Hall–Kier alpha value is -1.88. The van der Waals surface area contributed by atoms with Crippen molar-refractivity contribution in [2.24, 2.45) is 5.92 Å². The predicted octanol–water partition coefficient (Wildman–Crippen LogP) is 2.02. The first kappa shape index (κ1) is 17.0. The fourth-order valence-corrected chi connectivity index (χ4v) is 4.03. The van der Waals surface area contributed by atoms with Gasteiger partial charge in [0.05, 0.1) is 6.04 Å². The molecule has 1 saturated heterocycles. The molecule has 0 aromatic heterocycles. The van der Waals surface area contributed by atoms with Crippen LogP contribution in [0.15, 0.2) is 30.3 Å². The molecule has 0 bridgehead atoms. The van der Waals surface area contributed by atoms with Gasteiger partial charge in [-0.25, -0.2) is 0 Å². The van der Waals surface area contributed by atoms with Crippen molar-refractivity contribution in [1.29, 1.82) is 0 Å². The van der Waals surface area contributed by atoms with E-state index in [-0.39, 0.29) is 23.8 Å². The third-order valence-corrected chi connectivity index (χ3v) is 5.46. The van der Waals surface area contributed by atoms with Crippen molar-refractivity contribution in [3.63, 3.8) is 0 Å². The summed E-state index contributed by atoms with van der Waals surface area (Å²) in [5.41, 5.74) is -0.142. The Bertz CT molecular complexity index is 596. The Morgan fingerprint density at radius 2 is 1.92 bits per heavy atom. The van der Waals surface area contributed by atoms with Crippen LogP contribution in [0.3, 0.4) is 0 Å². The molecule has 5 heteroatoms. The lowest BCUT2D eigenvalue weighted by Gasteiger charge is -2.31. The molecule has 0 spiro atoms. The Morgan fingerprint density at radius 3 is 2.58 bits per heavy atom. The second-order valence-corrected chi connectivity index (χ2v) is 7.13. The highest BCUT2D eigenvalue weighted by molar-refractivity contribution is 5.85. The molecule has 5 nitrogen and oxygen atoms in total. The zero-order valence-electron chi connectivity index (χ0n) is 14.2. The van der Waals surface area contributed by atoms with Gasteiger partial charge in [0, 0.05) is 25.9 Å². The van der Waals surface area contributed by atoms with E-state index in [4.69, 9.17) is 0 Å². The molecule has 2 unspecified atom stereocenters. The molecule has 2 atom stereocenters. The van der Waals surface area contributed by atoms with Crippen LogP contribution in [0.5, 0.6) is 0 Å². The fourth-order valence-electron chi connectivity index (χ4n) is 4.03. The van der Waals surface area contributed by atoms with E-state index in [0.29, 0.717) is 25.8 Å². The molecule has 1 aromatic carbocycles. The summed E-state index contributed by atoms with van der Waals surface area (Å²) in [4.78, 5) is 26.3. The number of hydrogen-bond acceptors (Lipinski definition) is 3. The van der Waals surface area contributed by atoms with Gasteiger partial charge in [0.15, 0.2) is 0 Å². The zero-order chi connectivity index (χ0) is 17.2. The van der Waals surface area contributed by atoms with Gasteiger partial charge < -0.3 is 15.3 Å². The Labute approximate surface area is 143 Å². The van der Waals surface area contributed by atoms with Gasteiger partial charge in [0.25, 0.3) is 5.91 Å². The predicted molar refractivity (Wildman–Crippen MR) is 91.1 cm³/mol. The van der Waals surface area contributed by atoms with E-state index in [1.807, 2.05) is 37.4 Å². The van der Waals surface area contributed by atoms with E-state index >= 15 is 0 Å². The summed E-state index contributed by atoms with van der Waals surface area (Å²) in [7, 11) is 1.82. The summed E-state index contributed by atoms with van der Waals surface area (Å²) < 4.78 is 0. The molecule has 1 heterocycles. The molecule has 130 valence electrons. The van der Waals surface area contributed by atoms with Gasteiger partial charge in [-0.15, -0.1) is 0 Å². The maximum Gasteiger partial charge on any atom is 0.251 e. The minimum Gasteiger partial charge on any atom is -0.380 e. The third-order valence-electron chi connectivity index (χ3n) is 5.46. The number of rotatable bonds is 4. The van der Waals surface area contributed by atoms with Gasteiger partial charge in [-0.3, -0.25) is 9.59 Å². The molecule has 24 heavy (non-hydrogen) atoms. The smallest absolute Gasteiger partial charge is 0.251 e. The molecule has 2 amide bonds. The number of benzene rings is 1. The van der Waals surface area contributed by atoms with Crippen LogP contribution in [0.4, 0.5) is 0 Å². The lowest BCUT2D eigenvalue weighted by molar-refractivity contribution is -0.143. The number of nitrogens with one attached hydrogen (secondary N) is 1. The van der Waals surface area contributed by atoms with Crippen LogP contribution >= 0.6 is 0 Å². The van der Waals surface area contributed by atoms with E-state index in [1.54, 1.807) is 4.90 Å². The van der Waals surface area contributed by atoms with Crippen LogP contribution in [-0.4, -0.2) is 41.0 Å². The van der Waals surface area contributed by atoms with Gasteiger partial charge in [-0.2, -0.15) is 0 Å². The summed E-state index contributed by atoms with van der Waals surface area (Å²) >= 11 is 0. The molecule has 1 aromatic rings. The highest BCUT2D eigenvalue weighted by Gasteiger charge is 2.41. The average molecular weight is 330 g/mol. The third kappa shape index (κ3) is 3.31.